The Bertz CT molecular complexity index is 1370. The number of aryl methyl sites for hydroxylation is 2. The van der Waals surface area contributed by atoms with E-state index in [-0.39, 0.29) is 12.3 Å². The van der Waals surface area contributed by atoms with Gasteiger partial charge in [-0.2, -0.15) is 5.26 Å². The largest absolute Gasteiger partial charge is 0.497 e. The fourth-order valence-corrected chi connectivity index (χ4v) is 4.42. The molecule has 2 aromatic carbocycles. The van der Waals surface area contributed by atoms with Crippen LogP contribution >= 0.6 is 11.8 Å². The van der Waals surface area contributed by atoms with Crippen LogP contribution in [0, 0.1) is 25.2 Å². The van der Waals surface area contributed by atoms with E-state index in [0.29, 0.717) is 27.9 Å². The summed E-state index contributed by atoms with van der Waals surface area (Å²) in [5, 5.41) is 17.1. The van der Waals surface area contributed by atoms with Gasteiger partial charge in [-0.05, 0) is 49.7 Å². The van der Waals surface area contributed by atoms with Crippen LogP contribution < -0.4 is 10.1 Å². The van der Waals surface area contributed by atoms with Crippen LogP contribution in [0.2, 0.25) is 0 Å². The van der Waals surface area contributed by atoms with Crippen molar-refractivity contribution in [2.24, 2.45) is 0 Å². The summed E-state index contributed by atoms with van der Waals surface area (Å²) in [5.41, 5.74) is 5.02. The van der Waals surface area contributed by atoms with E-state index in [9.17, 15) is 10.1 Å². The first-order valence-corrected chi connectivity index (χ1v) is 12.0. The van der Waals surface area contributed by atoms with Gasteiger partial charge in [-0.1, -0.05) is 35.0 Å². The zero-order valence-electron chi connectivity index (χ0n) is 19.7. The average molecular weight is 485 g/mol. The first-order chi connectivity index (χ1) is 17.0. The molecule has 0 aliphatic heterocycles. The van der Waals surface area contributed by atoms with E-state index in [4.69, 9.17) is 14.2 Å². The third kappa shape index (κ3) is 5.89. The van der Waals surface area contributed by atoms with Crippen LogP contribution in [-0.2, 0) is 4.79 Å². The maximum atomic E-state index is 12.3. The predicted octanol–water partition coefficient (Wildman–Crippen LogP) is 6.02. The van der Waals surface area contributed by atoms with Crippen molar-refractivity contribution >= 4 is 23.5 Å². The van der Waals surface area contributed by atoms with E-state index in [2.05, 4.69) is 16.5 Å². The number of nitrogens with one attached hydrogen (secondary N) is 1. The number of hydrogen-bond acceptors (Lipinski definition) is 7. The third-order valence-corrected chi connectivity index (χ3v) is 6.29. The van der Waals surface area contributed by atoms with Crippen LogP contribution in [0.1, 0.15) is 23.3 Å². The van der Waals surface area contributed by atoms with E-state index >= 15 is 0 Å². The minimum absolute atomic E-state index is 0.186. The van der Waals surface area contributed by atoms with Crippen LogP contribution in [0.4, 0.5) is 5.82 Å². The highest BCUT2D eigenvalue weighted by atomic mass is 32.2. The molecule has 1 N–H and O–H groups in total. The van der Waals surface area contributed by atoms with Gasteiger partial charge in [0.2, 0.25) is 5.91 Å². The number of carbonyl (C=O) groups is 1. The fourth-order valence-electron chi connectivity index (χ4n) is 3.48. The van der Waals surface area contributed by atoms with Crippen molar-refractivity contribution < 1.29 is 14.1 Å². The smallest absolute Gasteiger partial charge is 0.226 e. The Hall–Kier alpha value is -4.09. The lowest BCUT2D eigenvalue weighted by Crippen LogP contribution is -2.12. The van der Waals surface area contributed by atoms with E-state index < -0.39 is 0 Å². The molecule has 35 heavy (non-hydrogen) atoms. The summed E-state index contributed by atoms with van der Waals surface area (Å²) in [6.45, 7) is 3.78. The van der Waals surface area contributed by atoms with Crippen molar-refractivity contribution in [2.45, 2.75) is 25.3 Å². The molecule has 0 fully saturated rings. The highest BCUT2D eigenvalue weighted by Crippen LogP contribution is 2.35. The number of amides is 1. The van der Waals surface area contributed by atoms with Gasteiger partial charge in [0, 0.05) is 29.4 Å². The van der Waals surface area contributed by atoms with Crippen molar-refractivity contribution in [1.82, 2.24) is 10.1 Å². The second-order valence-corrected chi connectivity index (χ2v) is 8.99. The maximum absolute atomic E-state index is 12.3. The number of carbonyl (C=O) groups excluding carboxylic acids is 1. The minimum atomic E-state index is -0.186. The number of rotatable bonds is 8. The number of pyridine rings is 1. The summed E-state index contributed by atoms with van der Waals surface area (Å²) in [6, 6.07) is 21.6. The van der Waals surface area contributed by atoms with Crippen molar-refractivity contribution in [3.8, 4) is 34.2 Å². The summed E-state index contributed by atoms with van der Waals surface area (Å²) in [7, 11) is 1.62. The molecule has 4 rings (SSSR count). The molecule has 0 unspecified atom stereocenters. The van der Waals surface area contributed by atoms with Gasteiger partial charge >= 0.3 is 0 Å². The van der Waals surface area contributed by atoms with Gasteiger partial charge in [-0.15, -0.1) is 11.8 Å². The predicted molar refractivity (Wildman–Crippen MR) is 136 cm³/mol. The number of ether oxygens (including phenoxy) is 1. The van der Waals surface area contributed by atoms with E-state index in [1.165, 1.54) is 11.8 Å². The van der Waals surface area contributed by atoms with Crippen molar-refractivity contribution in [3.05, 3.63) is 77.6 Å². The second kappa shape index (κ2) is 10.9. The lowest BCUT2D eigenvalue weighted by Gasteiger charge is -2.13. The second-order valence-electron chi connectivity index (χ2n) is 7.91. The monoisotopic (exact) mass is 484 g/mol. The molecule has 7 nitrogen and oxygen atoms in total. The Balaban J connectivity index is 1.63. The molecule has 0 saturated carbocycles. The van der Waals surface area contributed by atoms with Gasteiger partial charge in [-0.3, -0.25) is 4.79 Å². The normalized spacial score (nSPS) is 10.6. The lowest BCUT2D eigenvalue weighted by atomic mass is 9.98. The highest BCUT2D eigenvalue weighted by molar-refractivity contribution is 7.99. The number of hydrogen-bond donors (Lipinski definition) is 1. The number of nitrogens with zero attached hydrogens (tertiary/aromatic N) is 3. The number of anilines is 1. The number of methoxy groups -OCH3 is 1. The SMILES string of the molecule is COc1ccc(-c2cc(-c3ccc(C)cc3)c(C#N)c(SCCC(=O)Nc3cc(C)on3)n2)cc1. The third-order valence-electron chi connectivity index (χ3n) is 5.31. The van der Waals surface area contributed by atoms with Gasteiger partial charge in [0.25, 0.3) is 0 Å². The summed E-state index contributed by atoms with van der Waals surface area (Å²) in [5.74, 6) is 2.02. The van der Waals surface area contributed by atoms with Gasteiger partial charge in [0.05, 0.1) is 18.4 Å². The maximum Gasteiger partial charge on any atom is 0.226 e. The Morgan fingerprint density at radius 1 is 1.09 bits per heavy atom. The standard InChI is InChI=1S/C27H24N4O3S/c1-17-4-6-19(7-5-17)22-15-24(20-8-10-21(33-3)11-9-20)29-27(23(22)16-28)35-13-12-26(32)30-25-14-18(2)34-31-25/h4-11,14-15H,12-13H2,1-3H3,(H,30,31,32). The molecular weight excluding hydrogens is 460 g/mol. The molecule has 0 saturated heterocycles. The Morgan fingerprint density at radius 3 is 2.43 bits per heavy atom. The minimum Gasteiger partial charge on any atom is -0.497 e. The van der Waals surface area contributed by atoms with Crippen LogP contribution in [0.25, 0.3) is 22.4 Å². The number of benzene rings is 2. The van der Waals surface area contributed by atoms with Crippen molar-refractivity contribution in [2.75, 3.05) is 18.2 Å². The molecule has 0 spiro atoms. The first kappa shape index (κ1) is 24.0. The topological polar surface area (TPSA) is 101 Å². The van der Waals surface area contributed by atoms with Crippen molar-refractivity contribution in [3.63, 3.8) is 0 Å². The molecule has 176 valence electrons. The molecule has 2 heterocycles. The molecule has 0 bridgehead atoms. The van der Waals surface area contributed by atoms with Crippen LogP contribution in [0.15, 0.2) is 70.2 Å². The highest BCUT2D eigenvalue weighted by Gasteiger charge is 2.17. The summed E-state index contributed by atoms with van der Waals surface area (Å²) in [6.07, 6.45) is 0.232. The zero-order valence-corrected chi connectivity index (χ0v) is 20.5. The molecule has 0 radical (unpaired) electrons. The Labute approximate surface area is 208 Å². The summed E-state index contributed by atoms with van der Waals surface area (Å²) >= 11 is 1.38. The van der Waals surface area contributed by atoms with Gasteiger partial charge in [-0.25, -0.2) is 4.98 Å². The molecule has 1 amide bonds. The Morgan fingerprint density at radius 2 is 1.80 bits per heavy atom. The fraction of sp³-hybridized carbons (Fsp3) is 0.185. The number of nitriles is 1. The molecule has 8 heteroatoms. The van der Waals surface area contributed by atoms with Crippen LogP contribution in [-0.4, -0.2) is 28.9 Å². The quantitative estimate of drug-likeness (QED) is 0.305. The van der Waals surface area contributed by atoms with Crippen LogP contribution in [0.3, 0.4) is 0 Å². The average Bonchev–Trinajstić information content (AvgIpc) is 3.28. The van der Waals surface area contributed by atoms with E-state index in [0.717, 1.165) is 33.7 Å². The zero-order chi connectivity index (χ0) is 24.8. The van der Waals surface area contributed by atoms with E-state index in [1.54, 1.807) is 20.1 Å². The molecule has 4 aromatic rings. The van der Waals surface area contributed by atoms with Crippen molar-refractivity contribution in [1.29, 1.82) is 5.26 Å². The van der Waals surface area contributed by atoms with Gasteiger partial charge in [0.15, 0.2) is 5.82 Å². The molecule has 0 atom stereocenters. The van der Waals surface area contributed by atoms with Gasteiger partial charge < -0.3 is 14.6 Å². The summed E-state index contributed by atoms with van der Waals surface area (Å²) < 4.78 is 10.3. The molecule has 2 aromatic heterocycles. The van der Waals surface area contributed by atoms with Crippen LogP contribution in [0.5, 0.6) is 5.75 Å². The lowest BCUT2D eigenvalue weighted by molar-refractivity contribution is -0.115. The summed E-state index contributed by atoms with van der Waals surface area (Å²) in [4.78, 5) is 17.1. The van der Waals surface area contributed by atoms with E-state index in [1.807, 2.05) is 61.5 Å². The first-order valence-electron chi connectivity index (χ1n) is 11.0. The number of thioether (sulfide) groups is 1. The number of aromatic nitrogens is 2. The molecule has 0 aliphatic carbocycles. The van der Waals surface area contributed by atoms with Gasteiger partial charge in [0.1, 0.15) is 22.6 Å². The molecular formula is C27H24N4O3S. The molecule has 0 aliphatic rings. The Kier molecular flexibility index (Phi) is 7.48.